The largest absolute Gasteiger partial charge is 0.417 e. The molecule has 3 aromatic heterocycles. The van der Waals surface area contributed by atoms with Gasteiger partial charge in [-0.05, 0) is 42.5 Å². The first-order valence-corrected chi connectivity index (χ1v) is 9.01. The average Bonchev–Trinajstić information content (AvgIpc) is 3.10. The predicted octanol–water partition coefficient (Wildman–Crippen LogP) is 5.59. The summed E-state index contributed by atoms with van der Waals surface area (Å²) in [4.78, 5) is 7.82. The summed E-state index contributed by atoms with van der Waals surface area (Å²) in [5.41, 5.74) is 0.200. The van der Waals surface area contributed by atoms with E-state index in [4.69, 9.17) is 0 Å². The third-order valence-electron chi connectivity index (χ3n) is 4.43. The number of benzene rings is 1. The average molecular weight is 455 g/mol. The summed E-state index contributed by atoms with van der Waals surface area (Å²) in [5, 5.41) is 6.27. The van der Waals surface area contributed by atoms with Gasteiger partial charge in [0.05, 0.1) is 22.3 Å². The third-order valence-corrected chi connectivity index (χ3v) is 4.43. The molecule has 0 aliphatic carbocycles. The van der Waals surface area contributed by atoms with Gasteiger partial charge >= 0.3 is 12.4 Å². The molecule has 12 heteroatoms. The van der Waals surface area contributed by atoms with Crippen molar-refractivity contribution in [1.82, 2.24) is 19.6 Å². The Bertz CT molecular complexity index is 1260. The zero-order valence-electron chi connectivity index (χ0n) is 15.8. The van der Waals surface area contributed by atoms with Gasteiger partial charge in [0.1, 0.15) is 18.1 Å². The van der Waals surface area contributed by atoms with Crippen LogP contribution in [0.2, 0.25) is 0 Å². The molecule has 0 amide bonds. The number of halogens is 7. The van der Waals surface area contributed by atoms with E-state index in [9.17, 15) is 30.7 Å². The van der Waals surface area contributed by atoms with Crippen LogP contribution in [0.25, 0.3) is 28.0 Å². The summed E-state index contributed by atoms with van der Waals surface area (Å²) in [5.74, 6) is -0.852. The molecular weight excluding hydrogens is 443 g/mol. The number of hydrogen-bond donors (Lipinski definition) is 1. The lowest BCUT2D eigenvalue weighted by Gasteiger charge is -2.10. The number of fused-ring (bicyclic) bond motifs is 1. The van der Waals surface area contributed by atoms with Gasteiger partial charge in [0, 0.05) is 18.0 Å². The van der Waals surface area contributed by atoms with Gasteiger partial charge in [0.15, 0.2) is 0 Å². The number of nitrogens with one attached hydrogen (secondary N) is 1. The number of rotatable bonds is 4. The summed E-state index contributed by atoms with van der Waals surface area (Å²) >= 11 is 0. The van der Waals surface area contributed by atoms with E-state index in [0.717, 1.165) is 28.9 Å². The molecule has 0 aliphatic heterocycles. The van der Waals surface area contributed by atoms with Crippen LogP contribution >= 0.6 is 0 Å². The quantitative estimate of drug-likeness (QED) is 0.408. The van der Waals surface area contributed by atoms with Crippen LogP contribution < -0.4 is 5.32 Å². The second-order valence-corrected chi connectivity index (χ2v) is 6.71. The molecule has 32 heavy (non-hydrogen) atoms. The van der Waals surface area contributed by atoms with E-state index in [1.54, 1.807) is 0 Å². The first-order valence-electron chi connectivity index (χ1n) is 9.01. The zero-order chi connectivity index (χ0) is 23.1. The molecule has 1 N–H and O–H groups in total. The third kappa shape index (κ3) is 4.48. The Hall–Kier alpha value is -3.70. The molecule has 0 radical (unpaired) electrons. The molecule has 4 rings (SSSR count). The van der Waals surface area contributed by atoms with Gasteiger partial charge in [-0.15, -0.1) is 0 Å². The van der Waals surface area contributed by atoms with Crippen LogP contribution in [0, 0.1) is 5.82 Å². The van der Waals surface area contributed by atoms with Gasteiger partial charge < -0.3 is 5.32 Å². The molecule has 0 fully saturated rings. The molecule has 3 heterocycles. The van der Waals surface area contributed by atoms with Crippen molar-refractivity contribution in [2.24, 2.45) is 0 Å². The van der Waals surface area contributed by atoms with E-state index in [2.05, 4.69) is 20.4 Å². The smallest absolute Gasteiger partial charge is 0.345 e. The topological polar surface area (TPSA) is 55.1 Å². The van der Waals surface area contributed by atoms with Crippen molar-refractivity contribution in [3.05, 3.63) is 66.2 Å². The molecule has 0 unspecified atom stereocenters. The molecule has 0 spiro atoms. The van der Waals surface area contributed by atoms with Crippen molar-refractivity contribution in [1.29, 1.82) is 0 Å². The molecule has 0 saturated heterocycles. The van der Waals surface area contributed by atoms with Crippen LogP contribution in [0.5, 0.6) is 0 Å². The van der Waals surface area contributed by atoms with Crippen molar-refractivity contribution in [3.8, 4) is 22.5 Å². The Balaban J connectivity index is 1.89. The molecule has 1 aromatic carbocycles. The maximum atomic E-state index is 13.4. The Morgan fingerprint density at radius 1 is 0.906 bits per heavy atom. The highest BCUT2D eigenvalue weighted by Crippen LogP contribution is 2.36. The maximum Gasteiger partial charge on any atom is 0.417 e. The Labute approximate surface area is 175 Å². The highest BCUT2D eigenvalue weighted by atomic mass is 19.4. The first-order chi connectivity index (χ1) is 15.0. The summed E-state index contributed by atoms with van der Waals surface area (Å²) in [6, 6.07) is 8.51. The summed E-state index contributed by atoms with van der Waals surface area (Å²) in [6.45, 7) is -1.37. The van der Waals surface area contributed by atoms with Gasteiger partial charge in [-0.2, -0.15) is 31.4 Å². The fourth-order valence-electron chi connectivity index (χ4n) is 3.04. The minimum atomic E-state index is -4.61. The van der Waals surface area contributed by atoms with E-state index in [1.165, 1.54) is 30.5 Å². The second kappa shape index (κ2) is 7.77. The predicted molar refractivity (Wildman–Crippen MR) is 101 cm³/mol. The van der Waals surface area contributed by atoms with Crippen LogP contribution in [0.1, 0.15) is 5.56 Å². The Morgan fingerprint density at radius 2 is 1.62 bits per heavy atom. The standard InChI is InChI=1S/C20H12F7N5/c21-13-4-1-11(2-5-13)17-16(14-7-8-28-18(30-14)29-10-19(22,23)24)15-6-3-12(20(25,26)27)9-32(15)31-17/h1-9H,10H2,(H,28,29,30). The number of pyridine rings is 1. The molecule has 4 aromatic rings. The van der Waals surface area contributed by atoms with Gasteiger partial charge in [0.25, 0.3) is 0 Å². The maximum absolute atomic E-state index is 13.4. The van der Waals surface area contributed by atoms with E-state index in [1.807, 2.05) is 0 Å². The number of alkyl halides is 6. The van der Waals surface area contributed by atoms with Crippen LogP contribution in [-0.4, -0.2) is 32.3 Å². The summed E-state index contributed by atoms with van der Waals surface area (Å²) in [6.07, 6.45) is -7.12. The molecular formula is C20H12F7N5. The number of anilines is 1. The zero-order valence-corrected chi connectivity index (χ0v) is 15.8. The van der Waals surface area contributed by atoms with E-state index in [0.29, 0.717) is 5.56 Å². The fraction of sp³-hybridized carbons (Fsp3) is 0.150. The Morgan fingerprint density at radius 3 is 2.28 bits per heavy atom. The summed E-state index contributed by atoms with van der Waals surface area (Å²) < 4.78 is 91.4. The lowest BCUT2D eigenvalue weighted by atomic mass is 10.0. The van der Waals surface area contributed by atoms with E-state index in [-0.39, 0.29) is 28.4 Å². The van der Waals surface area contributed by atoms with Crippen molar-refractivity contribution in [3.63, 3.8) is 0 Å². The van der Waals surface area contributed by atoms with Crippen LogP contribution in [-0.2, 0) is 6.18 Å². The first kappa shape index (κ1) is 21.5. The van der Waals surface area contributed by atoms with Crippen molar-refractivity contribution < 1.29 is 30.7 Å². The van der Waals surface area contributed by atoms with Crippen LogP contribution in [0.4, 0.5) is 36.7 Å². The lowest BCUT2D eigenvalue weighted by Crippen LogP contribution is -2.22. The van der Waals surface area contributed by atoms with Crippen molar-refractivity contribution in [2.45, 2.75) is 12.4 Å². The minimum Gasteiger partial charge on any atom is -0.345 e. The molecule has 5 nitrogen and oxygen atoms in total. The van der Waals surface area contributed by atoms with Crippen molar-refractivity contribution >= 4 is 11.5 Å². The molecule has 0 aliphatic rings. The fourth-order valence-corrected chi connectivity index (χ4v) is 3.04. The van der Waals surface area contributed by atoms with Gasteiger partial charge in [-0.3, -0.25) is 0 Å². The van der Waals surface area contributed by atoms with Crippen LogP contribution in [0.3, 0.4) is 0 Å². The lowest BCUT2D eigenvalue weighted by molar-refractivity contribution is -0.137. The Kier molecular flexibility index (Phi) is 5.23. The normalized spacial score (nSPS) is 12.3. The molecule has 0 atom stereocenters. The second-order valence-electron chi connectivity index (χ2n) is 6.71. The molecule has 0 bridgehead atoms. The van der Waals surface area contributed by atoms with Gasteiger partial charge in [-0.25, -0.2) is 18.9 Å². The van der Waals surface area contributed by atoms with Crippen molar-refractivity contribution in [2.75, 3.05) is 11.9 Å². The van der Waals surface area contributed by atoms with E-state index >= 15 is 0 Å². The molecule has 0 saturated carbocycles. The van der Waals surface area contributed by atoms with E-state index < -0.39 is 30.3 Å². The number of aromatic nitrogens is 4. The minimum absolute atomic E-state index is 0.124. The SMILES string of the molecule is Fc1ccc(-c2nn3cc(C(F)(F)F)ccc3c2-c2ccnc(NCC(F)(F)F)n2)cc1. The van der Waals surface area contributed by atoms with Gasteiger partial charge in [-0.1, -0.05) is 0 Å². The van der Waals surface area contributed by atoms with Crippen LogP contribution in [0.15, 0.2) is 54.9 Å². The molecule has 166 valence electrons. The summed E-state index contributed by atoms with van der Waals surface area (Å²) in [7, 11) is 0. The monoisotopic (exact) mass is 455 g/mol. The number of hydrogen-bond acceptors (Lipinski definition) is 4. The number of nitrogens with zero attached hydrogens (tertiary/aromatic N) is 4. The van der Waals surface area contributed by atoms with Gasteiger partial charge in [0.2, 0.25) is 5.95 Å². The highest BCUT2D eigenvalue weighted by molar-refractivity contribution is 5.91. The highest BCUT2D eigenvalue weighted by Gasteiger charge is 2.32.